The van der Waals surface area contributed by atoms with E-state index in [2.05, 4.69) is 26.1 Å². The van der Waals surface area contributed by atoms with Crippen LogP contribution in [0.25, 0.3) is 0 Å². The number of thiophene rings is 1. The summed E-state index contributed by atoms with van der Waals surface area (Å²) in [4.78, 5) is 14.0. The summed E-state index contributed by atoms with van der Waals surface area (Å²) >= 11 is 1.53. The van der Waals surface area contributed by atoms with E-state index < -0.39 is 0 Å². The molecule has 17 heavy (non-hydrogen) atoms. The van der Waals surface area contributed by atoms with Gasteiger partial charge >= 0.3 is 0 Å². The number of nitrogens with two attached hydrogens (primary N) is 1. The summed E-state index contributed by atoms with van der Waals surface area (Å²) in [6.45, 7) is 10.7. The number of hydrogen-bond donors (Lipinski definition) is 2. The van der Waals surface area contributed by atoms with E-state index in [1.807, 2.05) is 19.9 Å². The van der Waals surface area contributed by atoms with E-state index in [0.717, 1.165) is 4.88 Å². The van der Waals surface area contributed by atoms with Crippen molar-refractivity contribution in [3.63, 3.8) is 0 Å². The maximum Gasteiger partial charge on any atom is 0.261 e. The smallest absolute Gasteiger partial charge is 0.261 e. The van der Waals surface area contributed by atoms with Gasteiger partial charge in [-0.15, -0.1) is 11.3 Å². The molecule has 1 aromatic heterocycles. The second-order valence-corrected chi connectivity index (χ2v) is 6.73. The number of rotatable bonds is 3. The van der Waals surface area contributed by atoms with Crippen molar-refractivity contribution in [2.75, 3.05) is 6.54 Å². The number of carbonyl (C=O) groups is 1. The molecule has 0 saturated heterocycles. The molecule has 1 rings (SSSR count). The molecule has 3 N–H and O–H groups in total. The van der Waals surface area contributed by atoms with E-state index >= 15 is 0 Å². The van der Waals surface area contributed by atoms with Gasteiger partial charge in [-0.1, -0.05) is 20.8 Å². The maximum atomic E-state index is 12.1. The summed E-state index contributed by atoms with van der Waals surface area (Å²) in [5, 5.41) is 3.01. The number of aryl methyl sites for hydroxylation is 2. The van der Waals surface area contributed by atoms with Crippen LogP contribution in [0.1, 0.15) is 40.9 Å². The lowest BCUT2D eigenvalue weighted by Gasteiger charge is -2.30. The van der Waals surface area contributed by atoms with Crippen molar-refractivity contribution in [3.8, 4) is 0 Å². The molecule has 0 saturated carbocycles. The molecule has 1 unspecified atom stereocenters. The van der Waals surface area contributed by atoms with Crippen LogP contribution in [0.15, 0.2) is 6.07 Å². The van der Waals surface area contributed by atoms with Crippen LogP contribution >= 0.6 is 11.3 Å². The predicted octanol–water partition coefficient (Wildman–Crippen LogP) is 2.47. The molecule has 0 spiro atoms. The fraction of sp³-hybridized carbons (Fsp3) is 0.615. The van der Waals surface area contributed by atoms with E-state index in [1.54, 1.807) is 0 Å². The van der Waals surface area contributed by atoms with Crippen molar-refractivity contribution in [1.82, 2.24) is 5.32 Å². The third kappa shape index (κ3) is 3.54. The second-order valence-electron chi connectivity index (χ2n) is 5.48. The zero-order chi connectivity index (χ0) is 13.2. The quantitative estimate of drug-likeness (QED) is 0.870. The van der Waals surface area contributed by atoms with Crippen LogP contribution in [0.2, 0.25) is 0 Å². The highest BCUT2D eigenvalue weighted by Crippen LogP contribution is 2.22. The minimum atomic E-state index is -0.0221. The summed E-state index contributed by atoms with van der Waals surface area (Å²) in [6, 6.07) is 1.93. The van der Waals surface area contributed by atoms with Gasteiger partial charge in [-0.3, -0.25) is 4.79 Å². The maximum absolute atomic E-state index is 12.1. The van der Waals surface area contributed by atoms with Gasteiger partial charge in [-0.05, 0) is 30.9 Å². The van der Waals surface area contributed by atoms with Crippen LogP contribution in [0.5, 0.6) is 0 Å². The van der Waals surface area contributed by atoms with E-state index in [-0.39, 0.29) is 17.4 Å². The fourth-order valence-corrected chi connectivity index (χ4v) is 2.48. The monoisotopic (exact) mass is 254 g/mol. The van der Waals surface area contributed by atoms with Crippen molar-refractivity contribution >= 4 is 17.2 Å². The van der Waals surface area contributed by atoms with Gasteiger partial charge in [0.05, 0.1) is 4.88 Å². The Kier molecular flexibility index (Phi) is 4.33. The zero-order valence-corrected chi connectivity index (χ0v) is 12.1. The molecule has 96 valence electrons. The lowest BCUT2D eigenvalue weighted by atomic mass is 9.87. The molecule has 0 bridgehead atoms. The normalized spacial score (nSPS) is 13.5. The molecule has 0 aromatic carbocycles. The Morgan fingerprint density at radius 2 is 2.06 bits per heavy atom. The molecule has 4 heteroatoms. The van der Waals surface area contributed by atoms with Crippen molar-refractivity contribution in [2.45, 2.75) is 40.7 Å². The summed E-state index contributed by atoms with van der Waals surface area (Å²) < 4.78 is 0. The summed E-state index contributed by atoms with van der Waals surface area (Å²) in [7, 11) is 0. The molecule has 1 heterocycles. The van der Waals surface area contributed by atoms with Gasteiger partial charge in [0, 0.05) is 17.5 Å². The molecule has 1 aromatic rings. The van der Waals surface area contributed by atoms with Crippen LogP contribution in [0.3, 0.4) is 0 Å². The average molecular weight is 254 g/mol. The van der Waals surface area contributed by atoms with E-state index in [1.165, 1.54) is 21.8 Å². The summed E-state index contributed by atoms with van der Waals surface area (Å²) in [6.07, 6.45) is 0. The highest BCUT2D eigenvalue weighted by molar-refractivity contribution is 7.14. The van der Waals surface area contributed by atoms with Crippen LogP contribution in [-0.4, -0.2) is 18.5 Å². The third-order valence-electron chi connectivity index (χ3n) is 2.98. The first-order valence-corrected chi connectivity index (χ1v) is 6.65. The second kappa shape index (κ2) is 5.19. The Bertz CT molecular complexity index is 385. The Labute approximate surface area is 107 Å². The zero-order valence-electron chi connectivity index (χ0n) is 11.3. The third-order valence-corrected chi connectivity index (χ3v) is 4.13. The molecule has 3 nitrogen and oxygen atoms in total. The van der Waals surface area contributed by atoms with Crippen molar-refractivity contribution in [1.29, 1.82) is 0 Å². The van der Waals surface area contributed by atoms with Gasteiger partial charge in [0.2, 0.25) is 0 Å². The molecule has 0 aliphatic heterocycles. The van der Waals surface area contributed by atoms with E-state index in [0.29, 0.717) is 6.54 Å². The van der Waals surface area contributed by atoms with Crippen LogP contribution in [0, 0.1) is 19.3 Å². The first kappa shape index (κ1) is 14.2. The van der Waals surface area contributed by atoms with Gasteiger partial charge in [-0.2, -0.15) is 0 Å². The van der Waals surface area contributed by atoms with Crippen molar-refractivity contribution < 1.29 is 4.79 Å². The molecule has 0 aliphatic carbocycles. The fourth-order valence-electron chi connectivity index (χ4n) is 1.54. The molecule has 0 aliphatic rings. The Morgan fingerprint density at radius 1 is 1.47 bits per heavy atom. The minimum Gasteiger partial charge on any atom is -0.347 e. The van der Waals surface area contributed by atoms with E-state index in [9.17, 15) is 4.79 Å². The minimum absolute atomic E-state index is 0.00212. The van der Waals surface area contributed by atoms with Crippen LogP contribution in [0.4, 0.5) is 0 Å². The standard InChI is InChI=1S/C13H22N2OS/c1-8-6-10(17-9(8)2)12(16)15-11(7-14)13(3,4)5/h6,11H,7,14H2,1-5H3,(H,15,16). The Hall–Kier alpha value is -0.870. The topological polar surface area (TPSA) is 55.1 Å². The first-order valence-electron chi connectivity index (χ1n) is 5.83. The van der Waals surface area contributed by atoms with Crippen LogP contribution < -0.4 is 11.1 Å². The number of hydrogen-bond acceptors (Lipinski definition) is 3. The average Bonchev–Trinajstić information content (AvgIpc) is 2.53. The van der Waals surface area contributed by atoms with Gasteiger partial charge in [0.25, 0.3) is 5.91 Å². The molecular weight excluding hydrogens is 232 g/mol. The van der Waals surface area contributed by atoms with Gasteiger partial charge in [0.1, 0.15) is 0 Å². The Morgan fingerprint density at radius 3 is 2.41 bits per heavy atom. The highest BCUT2D eigenvalue weighted by Gasteiger charge is 2.25. The molecular formula is C13H22N2OS. The van der Waals surface area contributed by atoms with Crippen LogP contribution in [-0.2, 0) is 0 Å². The largest absolute Gasteiger partial charge is 0.347 e. The number of amides is 1. The SMILES string of the molecule is Cc1cc(C(=O)NC(CN)C(C)(C)C)sc1C. The molecule has 1 atom stereocenters. The van der Waals surface area contributed by atoms with E-state index in [4.69, 9.17) is 5.73 Å². The van der Waals surface area contributed by atoms with Gasteiger partial charge in [-0.25, -0.2) is 0 Å². The number of nitrogens with one attached hydrogen (secondary N) is 1. The molecule has 0 radical (unpaired) electrons. The lowest BCUT2D eigenvalue weighted by molar-refractivity contribution is 0.0909. The van der Waals surface area contributed by atoms with Crippen molar-refractivity contribution in [3.05, 3.63) is 21.4 Å². The van der Waals surface area contributed by atoms with Gasteiger partial charge < -0.3 is 11.1 Å². The summed E-state index contributed by atoms with van der Waals surface area (Å²) in [5.74, 6) is -0.0171. The number of carbonyl (C=O) groups excluding carboxylic acids is 1. The lowest BCUT2D eigenvalue weighted by Crippen LogP contribution is -2.48. The molecule has 0 fully saturated rings. The molecule has 1 amide bonds. The van der Waals surface area contributed by atoms with Crippen molar-refractivity contribution in [2.24, 2.45) is 11.1 Å². The Balaban J connectivity index is 2.78. The first-order chi connectivity index (χ1) is 7.75. The highest BCUT2D eigenvalue weighted by atomic mass is 32.1. The summed E-state index contributed by atoms with van der Waals surface area (Å²) in [5.41, 5.74) is 6.85. The predicted molar refractivity (Wildman–Crippen MR) is 73.6 cm³/mol. The van der Waals surface area contributed by atoms with Gasteiger partial charge in [0.15, 0.2) is 0 Å².